The fraction of sp³-hybridized carbons (Fsp3) is 0.769. The topological polar surface area (TPSA) is 40.5 Å². The minimum atomic E-state index is 0.137. The average molecular weight is 223 g/mol. The molecule has 0 amide bonds. The van der Waals surface area contributed by atoms with Gasteiger partial charge in [0.05, 0.1) is 6.61 Å². The van der Waals surface area contributed by atoms with E-state index in [0.29, 0.717) is 24.2 Å². The van der Waals surface area contributed by atoms with E-state index >= 15 is 0 Å². The first-order chi connectivity index (χ1) is 7.74. The maximum absolute atomic E-state index is 11.5. The Morgan fingerprint density at radius 3 is 3.06 bits per heavy atom. The third kappa shape index (κ3) is 2.36. The van der Waals surface area contributed by atoms with Gasteiger partial charge in [0.15, 0.2) is 0 Å². The third-order valence-electron chi connectivity index (χ3n) is 3.72. The van der Waals surface area contributed by atoms with E-state index in [1.807, 2.05) is 0 Å². The zero-order valence-electron chi connectivity index (χ0n) is 9.98. The summed E-state index contributed by atoms with van der Waals surface area (Å²) in [6.07, 6.45) is 5.69. The van der Waals surface area contributed by atoms with Crippen LogP contribution in [0.1, 0.15) is 32.6 Å². The van der Waals surface area contributed by atoms with Gasteiger partial charge in [-0.25, -0.2) is 0 Å². The molecule has 0 saturated heterocycles. The van der Waals surface area contributed by atoms with E-state index < -0.39 is 0 Å². The zero-order valence-corrected chi connectivity index (χ0v) is 9.98. The lowest BCUT2D eigenvalue weighted by Gasteiger charge is -2.42. The van der Waals surface area contributed by atoms with Crippen LogP contribution in [0.25, 0.3) is 0 Å². The molecule has 90 valence electrons. The maximum atomic E-state index is 11.5. The van der Waals surface area contributed by atoms with Crippen molar-refractivity contribution in [2.24, 2.45) is 5.92 Å². The van der Waals surface area contributed by atoms with Crippen LogP contribution in [0.15, 0.2) is 11.6 Å². The van der Waals surface area contributed by atoms with Gasteiger partial charge in [-0.3, -0.25) is 9.69 Å². The molecule has 3 nitrogen and oxygen atoms in total. The highest BCUT2D eigenvalue weighted by Gasteiger charge is 2.34. The van der Waals surface area contributed by atoms with Crippen molar-refractivity contribution in [1.29, 1.82) is 0 Å². The molecule has 0 aromatic rings. The Morgan fingerprint density at radius 2 is 2.38 bits per heavy atom. The summed E-state index contributed by atoms with van der Waals surface area (Å²) in [6, 6.07) is 0.535. The van der Waals surface area contributed by atoms with Crippen molar-refractivity contribution in [3.8, 4) is 0 Å². The molecular weight excluding hydrogens is 202 g/mol. The lowest BCUT2D eigenvalue weighted by Crippen LogP contribution is -2.48. The van der Waals surface area contributed by atoms with Crippen LogP contribution in [0.5, 0.6) is 0 Å². The number of nitrogens with zero attached hydrogens (tertiary/aromatic N) is 1. The Balaban J connectivity index is 2.14. The van der Waals surface area contributed by atoms with Crippen molar-refractivity contribution in [3.63, 3.8) is 0 Å². The number of fused-ring (bicyclic) bond motifs is 1. The van der Waals surface area contributed by atoms with Gasteiger partial charge < -0.3 is 5.11 Å². The first-order valence-corrected chi connectivity index (χ1v) is 6.30. The predicted molar refractivity (Wildman–Crippen MR) is 63.2 cm³/mol. The van der Waals surface area contributed by atoms with Crippen LogP contribution in [-0.4, -0.2) is 41.5 Å². The first-order valence-electron chi connectivity index (χ1n) is 6.30. The van der Waals surface area contributed by atoms with Crippen molar-refractivity contribution in [1.82, 2.24) is 4.90 Å². The maximum Gasteiger partial charge on any atom is 0.133 e. The van der Waals surface area contributed by atoms with Crippen molar-refractivity contribution in [3.05, 3.63) is 11.6 Å². The second-order valence-corrected chi connectivity index (χ2v) is 4.97. The van der Waals surface area contributed by atoms with Crippen LogP contribution in [0.4, 0.5) is 0 Å². The lowest BCUT2D eigenvalue weighted by atomic mass is 9.79. The molecule has 0 radical (unpaired) electrons. The van der Waals surface area contributed by atoms with Gasteiger partial charge in [-0.1, -0.05) is 13.0 Å². The van der Waals surface area contributed by atoms with Gasteiger partial charge in [0.2, 0.25) is 0 Å². The molecule has 1 aliphatic heterocycles. The molecule has 1 aliphatic carbocycles. The highest BCUT2D eigenvalue weighted by Crippen LogP contribution is 2.32. The summed E-state index contributed by atoms with van der Waals surface area (Å²) >= 11 is 0. The van der Waals surface area contributed by atoms with E-state index in [4.69, 9.17) is 0 Å². The number of aliphatic hydroxyl groups is 1. The SMILES string of the molecule is CCCN1CC(CO)=C[C@H]2CC(=O)CC[C@@H]21. The molecule has 1 N–H and O–H groups in total. The zero-order chi connectivity index (χ0) is 11.5. The smallest absolute Gasteiger partial charge is 0.133 e. The van der Waals surface area contributed by atoms with Crippen LogP contribution in [-0.2, 0) is 4.79 Å². The van der Waals surface area contributed by atoms with Crippen molar-refractivity contribution in [2.75, 3.05) is 19.7 Å². The Kier molecular flexibility index (Phi) is 3.77. The Labute approximate surface area is 97.1 Å². The summed E-state index contributed by atoms with van der Waals surface area (Å²) in [5.74, 6) is 0.733. The number of hydrogen-bond donors (Lipinski definition) is 1. The second-order valence-electron chi connectivity index (χ2n) is 4.97. The molecule has 2 aliphatic rings. The monoisotopic (exact) mass is 223 g/mol. The number of ketones is 1. The third-order valence-corrected chi connectivity index (χ3v) is 3.72. The summed E-state index contributed by atoms with van der Waals surface area (Å²) in [4.78, 5) is 13.9. The van der Waals surface area contributed by atoms with Gasteiger partial charge in [0.25, 0.3) is 0 Å². The van der Waals surface area contributed by atoms with E-state index in [9.17, 15) is 9.90 Å². The molecule has 1 heterocycles. The Morgan fingerprint density at radius 1 is 1.56 bits per heavy atom. The second kappa shape index (κ2) is 5.11. The Bertz CT molecular complexity index is 298. The average Bonchev–Trinajstić information content (AvgIpc) is 2.28. The number of carbonyl (C=O) groups excluding carboxylic acids is 1. The van der Waals surface area contributed by atoms with Crippen molar-refractivity contribution >= 4 is 5.78 Å². The Hall–Kier alpha value is -0.670. The van der Waals surface area contributed by atoms with E-state index in [2.05, 4.69) is 17.9 Å². The van der Waals surface area contributed by atoms with E-state index in [1.54, 1.807) is 0 Å². The van der Waals surface area contributed by atoms with Crippen LogP contribution in [0.3, 0.4) is 0 Å². The van der Waals surface area contributed by atoms with Crippen LogP contribution < -0.4 is 0 Å². The highest BCUT2D eigenvalue weighted by atomic mass is 16.3. The van der Waals surface area contributed by atoms with Crippen LogP contribution in [0, 0.1) is 5.92 Å². The molecule has 0 bridgehead atoms. The minimum absolute atomic E-state index is 0.137. The molecule has 2 rings (SSSR count). The molecule has 3 heteroatoms. The van der Waals surface area contributed by atoms with Crippen molar-refractivity contribution < 1.29 is 9.90 Å². The molecule has 2 atom stereocenters. The number of Topliss-reactive ketones (excluding diaryl/α,β-unsaturated/α-hetero) is 1. The summed E-state index contributed by atoms with van der Waals surface area (Å²) in [6.45, 7) is 4.28. The minimum Gasteiger partial charge on any atom is -0.392 e. The molecule has 16 heavy (non-hydrogen) atoms. The van der Waals surface area contributed by atoms with Gasteiger partial charge in [-0.2, -0.15) is 0 Å². The van der Waals surface area contributed by atoms with Gasteiger partial charge >= 0.3 is 0 Å². The molecule has 0 aromatic heterocycles. The fourth-order valence-corrected chi connectivity index (χ4v) is 3.02. The van der Waals surface area contributed by atoms with Gasteiger partial charge in [0.1, 0.15) is 5.78 Å². The van der Waals surface area contributed by atoms with E-state index in [-0.39, 0.29) is 6.61 Å². The highest BCUT2D eigenvalue weighted by molar-refractivity contribution is 5.80. The van der Waals surface area contributed by atoms with Crippen LogP contribution in [0.2, 0.25) is 0 Å². The normalized spacial score (nSPS) is 31.1. The molecule has 1 saturated carbocycles. The van der Waals surface area contributed by atoms with Crippen LogP contribution >= 0.6 is 0 Å². The quantitative estimate of drug-likeness (QED) is 0.735. The molecule has 0 aromatic carbocycles. The lowest BCUT2D eigenvalue weighted by molar-refractivity contribution is -0.122. The fourth-order valence-electron chi connectivity index (χ4n) is 3.02. The number of carbonyl (C=O) groups is 1. The molecule has 0 unspecified atom stereocenters. The van der Waals surface area contributed by atoms with Gasteiger partial charge in [0, 0.05) is 25.4 Å². The number of aliphatic hydroxyl groups excluding tert-OH is 1. The summed E-state index contributed by atoms with van der Waals surface area (Å²) in [5.41, 5.74) is 1.09. The van der Waals surface area contributed by atoms with Gasteiger partial charge in [-0.05, 0) is 30.9 Å². The molecular formula is C13H21NO2. The number of rotatable bonds is 3. The van der Waals surface area contributed by atoms with Crippen molar-refractivity contribution in [2.45, 2.75) is 38.6 Å². The standard InChI is InChI=1S/C13H21NO2/c1-2-5-14-8-10(9-15)6-11-7-12(16)3-4-13(11)14/h6,11,13,15H,2-5,7-9H2,1H3/t11-,13-/m0/s1. The first kappa shape index (κ1) is 11.8. The predicted octanol–water partition coefficient (Wildman–Crippen LogP) is 1.37. The number of hydrogen-bond acceptors (Lipinski definition) is 3. The van der Waals surface area contributed by atoms with E-state index in [0.717, 1.165) is 37.9 Å². The summed E-state index contributed by atoms with van der Waals surface area (Å²) in [5, 5.41) is 9.25. The van der Waals surface area contributed by atoms with Gasteiger partial charge in [-0.15, -0.1) is 0 Å². The largest absolute Gasteiger partial charge is 0.392 e. The summed E-state index contributed by atoms with van der Waals surface area (Å²) in [7, 11) is 0. The molecule has 1 fully saturated rings. The molecule has 0 spiro atoms. The summed E-state index contributed by atoms with van der Waals surface area (Å²) < 4.78 is 0. The van der Waals surface area contributed by atoms with E-state index in [1.165, 1.54) is 0 Å².